The van der Waals surface area contributed by atoms with Crippen molar-refractivity contribution in [2.24, 2.45) is 5.92 Å². The van der Waals surface area contributed by atoms with Gasteiger partial charge in [-0.1, -0.05) is 68.6 Å². The van der Waals surface area contributed by atoms with E-state index in [2.05, 4.69) is 29.5 Å². The lowest BCUT2D eigenvalue weighted by atomic mass is 9.99. The van der Waals surface area contributed by atoms with Crippen LogP contribution in [0.3, 0.4) is 0 Å². The predicted octanol–water partition coefficient (Wildman–Crippen LogP) is 5.88. The maximum absolute atomic E-state index is 14.5. The van der Waals surface area contributed by atoms with Crippen LogP contribution in [0.5, 0.6) is 0 Å². The summed E-state index contributed by atoms with van der Waals surface area (Å²) < 4.78 is 14.5. The summed E-state index contributed by atoms with van der Waals surface area (Å²) in [5, 5.41) is 14.0. The normalized spacial score (nSPS) is 12.0. The summed E-state index contributed by atoms with van der Waals surface area (Å²) in [7, 11) is 0. The fourth-order valence-electron chi connectivity index (χ4n) is 2.84. The molecule has 0 aliphatic carbocycles. The van der Waals surface area contributed by atoms with E-state index in [4.69, 9.17) is 17.0 Å². The van der Waals surface area contributed by atoms with E-state index in [0.29, 0.717) is 36.0 Å². The Morgan fingerprint density at radius 2 is 1.92 bits per heavy atom. The van der Waals surface area contributed by atoms with Gasteiger partial charge in [-0.2, -0.15) is 0 Å². The highest BCUT2D eigenvalue weighted by atomic mass is 35.5. The Morgan fingerprint density at radius 1 is 1.23 bits per heavy atom. The first-order valence-electron chi connectivity index (χ1n) is 8.96. The second-order valence-electron chi connectivity index (χ2n) is 6.27. The molecule has 1 atom stereocenters. The Bertz CT molecular complexity index is 704. The topological polar surface area (TPSA) is 60.8 Å². The summed E-state index contributed by atoms with van der Waals surface area (Å²) in [4.78, 5) is 4.18. The second kappa shape index (κ2) is 10.1. The van der Waals surface area contributed by atoms with Gasteiger partial charge in [0.05, 0.1) is 5.56 Å². The Kier molecular flexibility index (Phi) is 7.85. The number of halogens is 2. The summed E-state index contributed by atoms with van der Waals surface area (Å²) in [6.45, 7) is 4.70. The number of alkyl halides is 1. The molecule has 0 radical (unpaired) electrons. The van der Waals surface area contributed by atoms with E-state index in [0.717, 1.165) is 18.4 Å². The van der Waals surface area contributed by atoms with Gasteiger partial charge < -0.3 is 16.0 Å². The second-order valence-corrected chi connectivity index (χ2v) is 6.66. The quantitative estimate of drug-likeness (QED) is 0.275. The molecule has 6 heteroatoms. The van der Waals surface area contributed by atoms with Crippen molar-refractivity contribution in [1.29, 1.82) is 5.41 Å². The van der Waals surface area contributed by atoms with Crippen LogP contribution in [0.4, 0.5) is 15.9 Å². The molecule has 3 N–H and O–H groups in total. The smallest absolute Gasteiger partial charge is 0.171 e. The first-order chi connectivity index (χ1) is 12.6. The van der Waals surface area contributed by atoms with Crippen molar-refractivity contribution < 1.29 is 4.39 Å². The van der Waals surface area contributed by atoms with E-state index in [-0.39, 0.29) is 5.15 Å². The van der Waals surface area contributed by atoms with Crippen molar-refractivity contribution in [2.75, 3.05) is 10.6 Å². The van der Waals surface area contributed by atoms with Gasteiger partial charge in [0.25, 0.3) is 0 Å². The van der Waals surface area contributed by atoms with Gasteiger partial charge in [-0.05, 0) is 24.0 Å². The number of nitrogens with one attached hydrogen (secondary N) is 3. The highest BCUT2D eigenvalue weighted by molar-refractivity contribution is 6.30. The molecule has 0 amide bonds. The molecule has 2 rings (SSSR count). The van der Waals surface area contributed by atoms with Crippen LogP contribution in [0.1, 0.15) is 44.2 Å². The van der Waals surface area contributed by atoms with Crippen molar-refractivity contribution in [3.63, 3.8) is 0 Å². The first-order valence-corrected chi connectivity index (χ1v) is 9.34. The SMILES string of the molecule is CCC(CC)CC(F)Nc1nc(Cl)cc(NCc2ccccc2)c1C=N. The zero-order valence-corrected chi connectivity index (χ0v) is 16.0. The van der Waals surface area contributed by atoms with E-state index < -0.39 is 6.30 Å². The average Bonchev–Trinajstić information content (AvgIpc) is 2.65. The number of rotatable bonds is 10. The van der Waals surface area contributed by atoms with Crippen LogP contribution in [0.25, 0.3) is 0 Å². The monoisotopic (exact) mass is 376 g/mol. The van der Waals surface area contributed by atoms with E-state index in [1.54, 1.807) is 6.07 Å². The van der Waals surface area contributed by atoms with Gasteiger partial charge in [-0.25, -0.2) is 9.37 Å². The van der Waals surface area contributed by atoms with Crippen LogP contribution in [-0.4, -0.2) is 17.5 Å². The van der Waals surface area contributed by atoms with E-state index >= 15 is 0 Å². The molecule has 2 aromatic rings. The van der Waals surface area contributed by atoms with Gasteiger partial charge in [0.15, 0.2) is 6.30 Å². The third-order valence-corrected chi connectivity index (χ3v) is 4.68. The zero-order chi connectivity index (χ0) is 18.9. The largest absolute Gasteiger partial charge is 0.380 e. The van der Waals surface area contributed by atoms with E-state index in [9.17, 15) is 4.39 Å². The Morgan fingerprint density at radius 3 is 2.54 bits per heavy atom. The minimum absolute atomic E-state index is 0.253. The molecule has 1 aromatic heterocycles. The molecule has 4 nitrogen and oxygen atoms in total. The molecular formula is C20H26ClFN4. The molecule has 1 heterocycles. The van der Waals surface area contributed by atoms with Crippen molar-refractivity contribution in [3.05, 3.63) is 52.7 Å². The molecule has 0 aliphatic rings. The lowest BCUT2D eigenvalue weighted by molar-refractivity contribution is 0.287. The lowest BCUT2D eigenvalue weighted by Crippen LogP contribution is -2.20. The number of hydrogen-bond acceptors (Lipinski definition) is 4. The minimum atomic E-state index is -1.23. The fraction of sp³-hybridized carbons (Fsp3) is 0.400. The van der Waals surface area contributed by atoms with Crippen LogP contribution < -0.4 is 10.6 Å². The van der Waals surface area contributed by atoms with Crippen molar-refractivity contribution in [1.82, 2.24) is 4.98 Å². The van der Waals surface area contributed by atoms with Gasteiger partial charge in [0, 0.05) is 18.4 Å². The first kappa shape index (κ1) is 20.2. The van der Waals surface area contributed by atoms with Crippen molar-refractivity contribution in [3.8, 4) is 0 Å². The highest BCUT2D eigenvalue weighted by Gasteiger charge is 2.17. The van der Waals surface area contributed by atoms with Gasteiger partial charge in [-0.15, -0.1) is 0 Å². The molecular weight excluding hydrogens is 351 g/mol. The molecule has 1 aromatic carbocycles. The van der Waals surface area contributed by atoms with Gasteiger partial charge in [0.2, 0.25) is 0 Å². The van der Waals surface area contributed by atoms with Crippen molar-refractivity contribution in [2.45, 2.75) is 46.0 Å². The standard InChI is InChI=1S/C20H26ClFN4/c1-3-14(4-2)10-19(22)26-20-16(12-23)17(11-18(21)25-20)24-13-15-8-6-5-7-9-15/h5-9,11-12,14,19,23H,3-4,10,13H2,1-2H3,(H2,24,25,26). The van der Waals surface area contributed by atoms with Gasteiger partial charge in [-0.3, -0.25) is 0 Å². The third kappa shape index (κ3) is 5.70. The lowest BCUT2D eigenvalue weighted by Gasteiger charge is -2.19. The van der Waals surface area contributed by atoms with Gasteiger partial charge in [0.1, 0.15) is 11.0 Å². The highest BCUT2D eigenvalue weighted by Crippen LogP contribution is 2.27. The van der Waals surface area contributed by atoms with Crippen LogP contribution in [0, 0.1) is 11.3 Å². The molecule has 0 saturated heterocycles. The predicted molar refractivity (Wildman–Crippen MR) is 108 cm³/mol. The minimum Gasteiger partial charge on any atom is -0.380 e. The average molecular weight is 377 g/mol. The summed E-state index contributed by atoms with van der Waals surface area (Å²) in [6.07, 6.45) is 2.21. The van der Waals surface area contributed by atoms with Crippen LogP contribution in [-0.2, 0) is 6.54 Å². The number of anilines is 2. The number of aromatic nitrogens is 1. The van der Waals surface area contributed by atoms with Crippen LogP contribution in [0.2, 0.25) is 5.15 Å². The van der Waals surface area contributed by atoms with Crippen LogP contribution in [0.15, 0.2) is 36.4 Å². The number of hydrogen-bond donors (Lipinski definition) is 3. The molecule has 0 bridgehead atoms. The van der Waals surface area contributed by atoms with E-state index in [1.807, 2.05) is 30.3 Å². The van der Waals surface area contributed by atoms with Crippen LogP contribution >= 0.6 is 11.6 Å². The molecule has 140 valence electrons. The summed E-state index contributed by atoms with van der Waals surface area (Å²) in [5.74, 6) is 0.609. The summed E-state index contributed by atoms with van der Waals surface area (Å²) in [6, 6.07) is 11.6. The van der Waals surface area contributed by atoms with E-state index in [1.165, 1.54) is 6.21 Å². The third-order valence-electron chi connectivity index (χ3n) is 4.49. The molecule has 0 aliphatic heterocycles. The molecule has 0 spiro atoms. The molecule has 0 fully saturated rings. The Hall–Kier alpha value is -2.14. The zero-order valence-electron chi connectivity index (χ0n) is 15.2. The fourth-order valence-corrected chi connectivity index (χ4v) is 3.03. The Labute approximate surface area is 159 Å². The summed E-state index contributed by atoms with van der Waals surface area (Å²) >= 11 is 6.12. The molecule has 26 heavy (non-hydrogen) atoms. The molecule has 1 unspecified atom stereocenters. The number of pyridine rings is 1. The van der Waals surface area contributed by atoms with Gasteiger partial charge >= 0.3 is 0 Å². The van der Waals surface area contributed by atoms with Crippen molar-refractivity contribution >= 4 is 29.3 Å². The number of nitrogens with zero attached hydrogens (tertiary/aromatic N) is 1. The number of benzene rings is 1. The Balaban J connectivity index is 2.16. The maximum Gasteiger partial charge on any atom is 0.171 e. The maximum atomic E-state index is 14.5. The summed E-state index contributed by atoms with van der Waals surface area (Å²) in [5.41, 5.74) is 2.25. The molecule has 0 saturated carbocycles.